The summed E-state index contributed by atoms with van der Waals surface area (Å²) >= 11 is 0. The van der Waals surface area contributed by atoms with E-state index in [1.165, 1.54) is 0 Å². The fourth-order valence-corrected chi connectivity index (χ4v) is 2.84. The van der Waals surface area contributed by atoms with Gasteiger partial charge in [-0.25, -0.2) is 4.98 Å². The summed E-state index contributed by atoms with van der Waals surface area (Å²) in [7, 11) is 0. The lowest BCUT2D eigenvalue weighted by Crippen LogP contribution is -2.13. The minimum absolute atomic E-state index is 0.162. The molecule has 0 saturated heterocycles. The van der Waals surface area contributed by atoms with E-state index in [2.05, 4.69) is 15.3 Å². The Hall–Kier alpha value is -3.53. The first-order chi connectivity index (χ1) is 12.7. The molecule has 0 spiro atoms. The number of carbonyl (C=O) groups is 1. The molecule has 4 aromatic rings. The van der Waals surface area contributed by atoms with E-state index in [0.717, 1.165) is 27.8 Å². The van der Waals surface area contributed by atoms with Gasteiger partial charge in [-0.15, -0.1) is 0 Å². The Balaban J connectivity index is 1.79. The summed E-state index contributed by atoms with van der Waals surface area (Å²) in [6.07, 6.45) is 1.72. The molecule has 0 saturated carbocycles. The molecule has 2 aromatic heterocycles. The van der Waals surface area contributed by atoms with Crippen LogP contribution < -0.4 is 5.32 Å². The van der Waals surface area contributed by atoms with Crippen molar-refractivity contribution < 1.29 is 4.79 Å². The first-order valence-corrected chi connectivity index (χ1v) is 8.40. The molecule has 0 radical (unpaired) electrons. The number of amides is 1. The summed E-state index contributed by atoms with van der Waals surface area (Å²) in [4.78, 5) is 22.0. The van der Waals surface area contributed by atoms with Crippen molar-refractivity contribution in [3.63, 3.8) is 0 Å². The number of nitrogens with one attached hydrogen (secondary N) is 1. The fraction of sp³-hybridized carbons (Fsp3) is 0.0455. The van der Waals surface area contributed by atoms with Crippen molar-refractivity contribution >= 4 is 22.5 Å². The van der Waals surface area contributed by atoms with Crippen molar-refractivity contribution in [3.8, 4) is 11.4 Å². The third kappa shape index (κ3) is 3.17. The Labute approximate surface area is 151 Å². The highest BCUT2D eigenvalue weighted by molar-refractivity contribution is 6.13. The molecular formula is C22H17N3O. The molecule has 0 atom stereocenters. The summed E-state index contributed by atoms with van der Waals surface area (Å²) in [6.45, 7) is 2.01. The number of carbonyl (C=O) groups excluding carboxylic acids is 1. The second-order valence-electron chi connectivity index (χ2n) is 6.11. The number of benzene rings is 2. The van der Waals surface area contributed by atoms with Gasteiger partial charge in [0.25, 0.3) is 5.91 Å². The Morgan fingerprint density at radius 2 is 1.65 bits per heavy atom. The van der Waals surface area contributed by atoms with E-state index in [9.17, 15) is 4.79 Å². The predicted molar refractivity (Wildman–Crippen MR) is 104 cm³/mol. The van der Waals surface area contributed by atoms with Gasteiger partial charge in [0.05, 0.1) is 22.5 Å². The fourth-order valence-electron chi connectivity index (χ4n) is 2.84. The Morgan fingerprint density at radius 3 is 2.42 bits per heavy atom. The number of hydrogen-bond donors (Lipinski definition) is 1. The zero-order valence-corrected chi connectivity index (χ0v) is 14.3. The number of aryl methyl sites for hydroxylation is 1. The molecule has 0 unspecified atom stereocenters. The first-order valence-electron chi connectivity index (χ1n) is 8.40. The maximum Gasteiger partial charge on any atom is 0.256 e. The summed E-state index contributed by atoms with van der Waals surface area (Å²) in [5.74, 6) is -0.162. The Morgan fingerprint density at radius 1 is 0.885 bits per heavy atom. The smallest absolute Gasteiger partial charge is 0.256 e. The molecule has 1 N–H and O–H groups in total. The van der Waals surface area contributed by atoms with Gasteiger partial charge in [-0.05, 0) is 43.3 Å². The van der Waals surface area contributed by atoms with Crippen molar-refractivity contribution in [1.82, 2.24) is 9.97 Å². The highest BCUT2D eigenvalue weighted by Crippen LogP contribution is 2.24. The van der Waals surface area contributed by atoms with Gasteiger partial charge >= 0.3 is 0 Å². The molecule has 0 fully saturated rings. The average molecular weight is 339 g/mol. The monoisotopic (exact) mass is 339 g/mol. The van der Waals surface area contributed by atoms with Crippen LogP contribution in [0.4, 0.5) is 5.69 Å². The average Bonchev–Trinajstić information content (AvgIpc) is 2.69. The zero-order chi connectivity index (χ0) is 17.9. The Bertz CT molecular complexity index is 1070. The number of pyridine rings is 2. The second-order valence-corrected chi connectivity index (χ2v) is 6.11. The van der Waals surface area contributed by atoms with E-state index in [0.29, 0.717) is 11.3 Å². The lowest BCUT2D eigenvalue weighted by atomic mass is 10.1. The van der Waals surface area contributed by atoms with Crippen LogP contribution in [0.1, 0.15) is 15.9 Å². The molecule has 0 aliphatic carbocycles. The maximum absolute atomic E-state index is 12.9. The maximum atomic E-state index is 12.9. The number of rotatable bonds is 3. The second kappa shape index (κ2) is 6.76. The van der Waals surface area contributed by atoms with Gasteiger partial charge in [0, 0.05) is 17.3 Å². The molecule has 4 nitrogen and oxygen atoms in total. The number of para-hydroxylation sites is 1. The number of fused-ring (bicyclic) bond motifs is 1. The van der Waals surface area contributed by atoms with Crippen LogP contribution in [0, 0.1) is 6.92 Å². The summed E-state index contributed by atoms with van der Waals surface area (Å²) in [5, 5.41) is 3.79. The minimum atomic E-state index is -0.162. The molecule has 26 heavy (non-hydrogen) atoms. The summed E-state index contributed by atoms with van der Waals surface area (Å²) in [5.41, 5.74) is 4.68. The zero-order valence-electron chi connectivity index (χ0n) is 14.3. The van der Waals surface area contributed by atoms with Crippen molar-refractivity contribution in [3.05, 3.63) is 90.1 Å². The van der Waals surface area contributed by atoms with Gasteiger partial charge < -0.3 is 5.32 Å². The summed E-state index contributed by atoms with van der Waals surface area (Å²) in [6, 6.07) is 22.8. The summed E-state index contributed by atoms with van der Waals surface area (Å²) < 4.78 is 0. The SMILES string of the molecule is Cc1ccc(NC(=O)c2cc(-c3ccccn3)nc3ccccc23)cc1. The third-order valence-corrected chi connectivity index (χ3v) is 4.20. The lowest BCUT2D eigenvalue weighted by Gasteiger charge is -2.10. The normalized spacial score (nSPS) is 10.7. The quantitative estimate of drug-likeness (QED) is 0.580. The number of hydrogen-bond acceptors (Lipinski definition) is 3. The lowest BCUT2D eigenvalue weighted by molar-refractivity contribution is 0.102. The number of aromatic nitrogens is 2. The number of nitrogens with zero attached hydrogens (tertiary/aromatic N) is 2. The topological polar surface area (TPSA) is 54.9 Å². The highest BCUT2D eigenvalue weighted by Gasteiger charge is 2.14. The molecule has 4 heteroatoms. The van der Waals surface area contributed by atoms with Gasteiger partial charge in [-0.1, -0.05) is 42.0 Å². The molecular weight excluding hydrogens is 322 g/mol. The first kappa shape index (κ1) is 16.0. The van der Waals surface area contributed by atoms with E-state index in [-0.39, 0.29) is 5.91 Å². The van der Waals surface area contributed by atoms with Gasteiger partial charge in [0.15, 0.2) is 0 Å². The molecule has 126 valence electrons. The molecule has 4 rings (SSSR count). The Kier molecular flexibility index (Phi) is 4.15. The molecule has 2 aromatic carbocycles. The largest absolute Gasteiger partial charge is 0.322 e. The van der Waals surface area contributed by atoms with Crippen LogP contribution in [0.25, 0.3) is 22.3 Å². The van der Waals surface area contributed by atoms with Gasteiger partial charge in [-0.3, -0.25) is 9.78 Å². The molecule has 1 amide bonds. The van der Waals surface area contributed by atoms with Crippen molar-refractivity contribution in [2.24, 2.45) is 0 Å². The molecule has 0 aliphatic rings. The van der Waals surface area contributed by atoms with Crippen LogP contribution >= 0.6 is 0 Å². The van der Waals surface area contributed by atoms with Crippen molar-refractivity contribution in [2.45, 2.75) is 6.92 Å². The van der Waals surface area contributed by atoms with Crippen LogP contribution in [0.2, 0.25) is 0 Å². The van der Waals surface area contributed by atoms with Crippen LogP contribution in [-0.2, 0) is 0 Å². The minimum Gasteiger partial charge on any atom is -0.322 e. The van der Waals surface area contributed by atoms with Crippen molar-refractivity contribution in [1.29, 1.82) is 0 Å². The van der Waals surface area contributed by atoms with Gasteiger partial charge in [-0.2, -0.15) is 0 Å². The predicted octanol–water partition coefficient (Wildman–Crippen LogP) is 4.86. The molecule has 0 aliphatic heterocycles. The van der Waals surface area contributed by atoms with Crippen LogP contribution in [0.5, 0.6) is 0 Å². The molecule has 0 bridgehead atoms. The standard InChI is InChI=1S/C22H17N3O/c1-15-9-11-16(12-10-15)24-22(26)18-14-21(20-8-4-5-13-23-20)25-19-7-3-2-6-17(18)19/h2-14H,1H3,(H,24,26). The van der Waals surface area contributed by atoms with E-state index in [4.69, 9.17) is 0 Å². The van der Waals surface area contributed by atoms with Crippen molar-refractivity contribution in [2.75, 3.05) is 5.32 Å². The van der Waals surface area contributed by atoms with Gasteiger partial charge in [0.1, 0.15) is 0 Å². The van der Waals surface area contributed by atoms with E-state index >= 15 is 0 Å². The van der Waals surface area contributed by atoms with Gasteiger partial charge in [0.2, 0.25) is 0 Å². The third-order valence-electron chi connectivity index (χ3n) is 4.20. The van der Waals surface area contributed by atoms with E-state index < -0.39 is 0 Å². The van der Waals surface area contributed by atoms with Crippen LogP contribution in [0.15, 0.2) is 79.0 Å². The number of anilines is 1. The molecule has 2 heterocycles. The van der Waals surface area contributed by atoms with Crippen LogP contribution in [-0.4, -0.2) is 15.9 Å². The van der Waals surface area contributed by atoms with E-state index in [1.54, 1.807) is 12.3 Å². The van der Waals surface area contributed by atoms with E-state index in [1.807, 2.05) is 73.7 Å². The highest BCUT2D eigenvalue weighted by atomic mass is 16.1. The van der Waals surface area contributed by atoms with Crippen LogP contribution in [0.3, 0.4) is 0 Å².